The van der Waals surface area contributed by atoms with Gasteiger partial charge in [0.2, 0.25) is 0 Å². The van der Waals surface area contributed by atoms with Crippen LogP contribution in [0.25, 0.3) is 5.69 Å². The average molecular weight is 457 g/mol. The van der Waals surface area contributed by atoms with Crippen molar-refractivity contribution in [2.24, 2.45) is 0 Å². The maximum Gasteiger partial charge on any atom is 3.00 e. The summed E-state index contributed by atoms with van der Waals surface area (Å²) in [5, 5.41) is 16.3. The van der Waals surface area contributed by atoms with E-state index in [2.05, 4.69) is 21.4 Å². The van der Waals surface area contributed by atoms with Crippen molar-refractivity contribution < 1.29 is 41.0 Å². The number of nitrogens with zero attached hydrogens (tertiary/aromatic N) is 4. The molecule has 0 fully saturated rings. The maximum atomic E-state index is 10.8. The van der Waals surface area contributed by atoms with Crippen molar-refractivity contribution in [2.45, 2.75) is 0 Å². The van der Waals surface area contributed by atoms with Crippen LogP contribution in [0.4, 0.5) is 0 Å². The van der Waals surface area contributed by atoms with Crippen molar-refractivity contribution in [3.8, 4) is 5.69 Å². The Kier molecular flexibility index (Phi) is 8.54. The molecule has 1 N–H and O–H groups in total. The summed E-state index contributed by atoms with van der Waals surface area (Å²) in [6, 6.07) is 3.19. The molecule has 0 spiro atoms. The fourth-order valence-electron chi connectivity index (χ4n) is 1.03. The van der Waals surface area contributed by atoms with Gasteiger partial charge in [-0.25, -0.2) is 9.78 Å². The Bertz CT molecular complexity index is 459. The third-order valence-corrected chi connectivity index (χ3v) is 1.58. The van der Waals surface area contributed by atoms with Gasteiger partial charge in [0.1, 0.15) is 5.69 Å². The smallest absolute Gasteiger partial charge is 0.476 e. The van der Waals surface area contributed by atoms with Gasteiger partial charge < -0.3 is 31.3 Å². The van der Waals surface area contributed by atoms with Crippen LogP contribution in [-0.4, -0.2) is 31.1 Å². The van der Waals surface area contributed by atoms with E-state index in [0.717, 1.165) is 4.80 Å². The summed E-state index contributed by atoms with van der Waals surface area (Å²) in [7, 11) is 0. The van der Waals surface area contributed by atoms with Crippen LogP contribution in [0, 0.1) is 52.2 Å². The van der Waals surface area contributed by atoms with E-state index < -0.39 is 5.97 Å². The molecule has 17 heavy (non-hydrogen) atoms. The van der Waals surface area contributed by atoms with Gasteiger partial charge in [0.25, 0.3) is 0 Å². The van der Waals surface area contributed by atoms with Crippen LogP contribution in [0.1, 0.15) is 10.5 Å². The molecule has 0 saturated carbocycles. The van der Waals surface area contributed by atoms with E-state index in [1.54, 1.807) is 12.1 Å². The average Bonchev–Trinajstić information content (AvgIpc) is 2.70. The second-order valence-electron chi connectivity index (χ2n) is 2.44. The largest absolute Gasteiger partial charge is 3.00 e. The Morgan fingerprint density at radius 1 is 1.41 bits per heavy atom. The Morgan fingerprint density at radius 2 is 2.12 bits per heavy atom. The minimum atomic E-state index is -1.11. The van der Waals surface area contributed by atoms with Gasteiger partial charge in [-0.1, -0.05) is 0 Å². The summed E-state index contributed by atoms with van der Waals surface area (Å²) in [6.45, 7) is 0. The van der Waals surface area contributed by atoms with Gasteiger partial charge in [-0.15, -0.1) is 6.20 Å². The first-order valence-corrected chi connectivity index (χ1v) is 3.76. The molecule has 0 amide bonds. The van der Waals surface area contributed by atoms with Crippen molar-refractivity contribution in [1.82, 2.24) is 20.0 Å². The fourth-order valence-corrected chi connectivity index (χ4v) is 1.03. The standard InChI is InChI=1S/C8H5N4O2.2CH3.U/c13-8(14)7-6(2-1-3-9-7)12-10-4-5-11-12;;;/h1-4H,(H,13,14);2*1H3;/q3*-1;+3. The summed E-state index contributed by atoms with van der Waals surface area (Å²) in [5.41, 5.74) is 0.235. The molecule has 0 atom stereocenters. The van der Waals surface area contributed by atoms with Crippen molar-refractivity contribution >= 4 is 5.97 Å². The number of hydrogen-bond acceptors (Lipinski definition) is 4. The summed E-state index contributed by atoms with van der Waals surface area (Å²) in [5.74, 6) is -1.11. The van der Waals surface area contributed by atoms with Crippen LogP contribution in [0.15, 0.2) is 24.5 Å². The first-order chi connectivity index (χ1) is 6.79. The summed E-state index contributed by atoms with van der Waals surface area (Å²) < 4.78 is 0. The molecule has 0 aliphatic rings. The van der Waals surface area contributed by atoms with Crippen molar-refractivity contribution in [1.29, 1.82) is 0 Å². The van der Waals surface area contributed by atoms with Crippen LogP contribution in [0.5, 0.6) is 0 Å². The number of aromatic carboxylic acids is 1. The van der Waals surface area contributed by atoms with Gasteiger partial charge in [0, 0.05) is 6.20 Å². The first-order valence-electron chi connectivity index (χ1n) is 3.76. The van der Waals surface area contributed by atoms with E-state index in [1.165, 1.54) is 12.4 Å². The minimum Gasteiger partial charge on any atom is -0.476 e. The van der Waals surface area contributed by atoms with E-state index >= 15 is 0 Å². The normalized spacial score (nSPS) is 8.24. The molecule has 87 valence electrons. The third-order valence-electron chi connectivity index (χ3n) is 1.58. The van der Waals surface area contributed by atoms with Crippen LogP contribution in [0.2, 0.25) is 0 Å². The second kappa shape index (κ2) is 7.98. The van der Waals surface area contributed by atoms with Gasteiger partial charge in [0.15, 0.2) is 5.69 Å². The van der Waals surface area contributed by atoms with Crippen molar-refractivity contribution in [3.05, 3.63) is 51.3 Å². The SMILES string of the molecule is O=C(O)c1ncccc1-n1n[c-]cn1.[CH3-].[CH3-].[U+3]. The monoisotopic (exact) mass is 457 g/mol. The van der Waals surface area contributed by atoms with Gasteiger partial charge >= 0.3 is 37.1 Å². The fraction of sp³-hybridized carbons (Fsp3) is 0. The molecule has 0 aliphatic heterocycles. The molecule has 1 radical (unpaired) electrons. The molecular formula is C10H11N4O2U. The molecule has 0 unspecified atom stereocenters. The molecule has 0 saturated heterocycles. The Morgan fingerprint density at radius 3 is 2.65 bits per heavy atom. The Balaban J connectivity index is 0. The van der Waals surface area contributed by atoms with Crippen LogP contribution < -0.4 is 0 Å². The Hall–Kier alpha value is -1.19. The van der Waals surface area contributed by atoms with Crippen molar-refractivity contribution in [3.63, 3.8) is 0 Å². The van der Waals surface area contributed by atoms with E-state index in [1.807, 2.05) is 0 Å². The van der Waals surface area contributed by atoms with Crippen LogP contribution in [-0.2, 0) is 0 Å². The molecule has 6 nitrogen and oxygen atoms in total. The number of carbonyl (C=O) groups is 1. The molecule has 2 rings (SSSR count). The molecule has 0 bridgehead atoms. The number of aromatic nitrogens is 4. The van der Waals surface area contributed by atoms with Crippen LogP contribution >= 0.6 is 0 Å². The zero-order chi connectivity index (χ0) is 9.97. The predicted molar refractivity (Wildman–Crippen MR) is 57.8 cm³/mol. The van der Waals surface area contributed by atoms with Crippen molar-refractivity contribution in [2.75, 3.05) is 0 Å². The van der Waals surface area contributed by atoms with E-state index in [9.17, 15) is 4.79 Å². The van der Waals surface area contributed by atoms with Crippen LogP contribution in [0.3, 0.4) is 0 Å². The molecule has 0 aromatic carbocycles. The third kappa shape index (κ3) is 3.95. The van der Waals surface area contributed by atoms with E-state index in [0.29, 0.717) is 5.69 Å². The second-order valence-corrected chi connectivity index (χ2v) is 2.44. The van der Waals surface area contributed by atoms with Gasteiger partial charge in [-0.2, -0.15) is 9.90 Å². The molecule has 2 aromatic rings. The number of carboxylic acid groups (broad SMARTS) is 1. The summed E-state index contributed by atoms with van der Waals surface area (Å²) >= 11 is 0. The quantitative estimate of drug-likeness (QED) is 0.683. The minimum absolute atomic E-state index is 0. The van der Waals surface area contributed by atoms with Gasteiger partial charge in [-0.3, -0.25) is 0 Å². The predicted octanol–water partition coefficient (Wildman–Crippen LogP) is 1.06. The summed E-state index contributed by atoms with van der Waals surface area (Å²) in [6.07, 6.45) is 5.22. The summed E-state index contributed by atoms with van der Waals surface area (Å²) in [4.78, 5) is 15.7. The number of rotatable bonds is 2. The number of carboxylic acids is 1. The molecule has 2 aromatic heterocycles. The molecule has 2 heterocycles. The van der Waals surface area contributed by atoms with E-state index in [-0.39, 0.29) is 51.7 Å². The number of pyridine rings is 1. The van der Waals surface area contributed by atoms with Gasteiger partial charge in [0.05, 0.1) is 0 Å². The first kappa shape index (κ1) is 18.2. The zero-order valence-corrected chi connectivity index (χ0v) is 13.6. The topological polar surface area (TPSA) is 80.9 Å². The Labute approximate surface area is 123 Å². The molecular weight excluding hydrogens is 446 g/mol. The van der Waals surface area contributed by atoms with E-state index in [4.69, 9.17) is 5.11 Å². The zero-order valence-electron chi connectivity index (χ0n) is 9.45. The molecule has 7 heteroatoms. The molecule has 0 aliphatic carbocycles. The number of hydrogen-bond donors (Lipinski definition) is 1. The van der Waals surface area contributed by atoms with Gasteiger partial charge in [-0.05, 0) is 12.1 Å². The maximum absolute atomic E-state index is 10.8.